The van der Waals surface area contributed by atoms with Crippen molar-refractivity contribution < 1.29 is 28.9 Å². The van der Waals surface area contributed by atoms with Gasteiger partial charge in [0, 0.05) is 12.1 Å². The van der Waals surface area contributed by atoms with E-state index in [0.717, 1.165) is 0 Å². The van der Waals surface area contributed by atoms with Crippen molar-refractivity contribution in [3.63, 3.8) is 0 Å². The van der Waals surface area contributed by atoms with Crippen molar-refractivity contribution in [3.8, 4) is 17.2 Å². The van der Waals surface area contributed by atoms with Gasteiger partial charge in [0.05, 0.1) is 19.8 Å². The lowest BCUT2D eigenvalue weighted by molar-refractivity contribution is -0.145. The second kappa shape index (κ2) is 6.63. The maximum atomic E-state index is 11.0. The molecule has 6 heteroatoms. The molecule has 0 aliphatic rings. The molecule has 1 atom stereocenters. The number of carboxylic acid groups (broad SMARTS) is 1. The van der Waals surface area contributed by atoms with Gasteiger partial charge in [-0.2, -0.15) is 0 Å². The lowest BCUT2D eigenvalue weighted by atomic mass is 10.1. The van der Waals surface area contributed by atoms with Crippen molar-refractivity contribution in [3.05, 3.63) is 17.7 Å². The average Bonchev–Trinajstić information content (AvgIpc) is 2.42. The summed E-state index contributed by atoms with van der Waals surface area (Å²) in [5.74, 6) is -0.248. The largest absolute Gasteiger partial charge is 0.496 e. The number of aliphatic carboxylic acids is 1. The van der Waals surface area contributed by atoms with E-state index in [1.165, 1.54) is 26.4 Å². The van der Waals surface area contributed by atoms with Crippen LogP contribution in [0.4, 0.5) is 0 Å². The summed E-state index contributed by atoms with van der Waals surface area (Å²) in [5, 5.41) is 8.94. The molecule has 104 valence electrons. The van der Waals surface area contributed by atoms with Gasteiger partial charge in [0.2, 0.25) is 0 Å². The molecule has 0 radical (unpaired) electrons. The number of carbonyl (C=O) groups excluding carboxylic acids is 1. The maximum absolute atomic E-state index is 11.0. The number of methoxy groups -OCH3 is 2. The molecule has 1 aromatic carbocycles. The maximum Gasteiger partial charge on any atom is 0.344 e. The van der Waals surface area contributed by atoms with Crippen LogP contribution in [0.1, 0.15) is 23.7 Å². The molecule has 0 bridgehead atoms. The number of benzene rings is 1. The van der Waals surface area contributed by atoms with Crippen LogP contribution in [0, 0.1) is 0 Å². The summed E-state index contributed by atoms with van der Waals surface area (Å²) < 4.78 is 15.4. The third kappa shape index (κ3) is 3.37. The number of hydrogen-bond donors (Lipinski definition) is 1. The van der Waals surface area contributed by atoms with E-state index in [2.05, 4.69) is 0 Å². The molecule has 0 saturated carbocycles. The van der Waals surface area contributed by atoms with Gasteiger partial charge in [0.25, 0.3) is 0 Å². The highest BCUT2D eigenvalue weighted by atomic mass is 16.5. The number of hydrogen-bond acceptors (Lipinski definition) is 5. The molecule has 1 unspecified atom stereocenters. The fraction of sp³-hybridized carbons (Fsp3) is 0.385. The van der Waals surface area contributed by atoms with Crippen molar-refractivity contribution >= 4 is 12.3 Å². The molecule has 1 aromatic rings. The summed E-state index contributed by atoms with van der Waals surface area (Å²) in [6.07, 6.45) is -0.0396. The predicted molar refractivity (Wildman–Crippen MR) is 67.3 cm³/mol. The van der Waals surface area contributed by atoms with E-state index in [9.17, 15) is 9.59 Å². The SMILES string of the molecule is CCC(Oc1cc(OC)c(C=O)c(OC)c1)C(=O)O. The van der Waals surface area contributed by atoms with Crippen molar-refractivity contribution in [1.29, 1.82) is 0 Å². The first kappa shape index (κ1) is 14.8. The van der Waals surface area contributed by atoms with Crippen LogP contribution in [0.3, 0.4) is 0 Å². The van der Waals surface area contributed by atoms with Gasteiger partial charge in [-0.3, -0.25) is 4.79 Å². The fourth-order valence-electron chi connectivity index (χ4n) is 1.57. The molecule has 19 heavy (non-hydrogen) atoms. The Morgan fingerprint density at radius 3 is 2.16 bits per heavy atom. The van der Waals surface area contributed by atoms with Crippen molar-refractivity contribution in [1.82, 2.24) is 0 Å². The molecule has 0 aliphatic heterocycles. The second-order valence-corrected chi connectivity index (χ2v) is 3.71. The number of carboxylic acids is 1. The minimum Gasteiger partial charge on any atom is -0.496 e. The molecular weight excluding hydrogens is 252 g/mol. The predicted octanol–water partition coefficient (Wildman–Crippen LogP) is 1.76. The number of rotatable bonds is 7. The van der Waals surface area contributed by atoms with Crippen LogP contribution in [0.2, 0.25) is 0 Å². The van der Waals surface area contributed by atoms with Gasteiger partial charge < -0.3 is 19.3 Å². The highest BCUT2D eigenvalue weighted by molar-refractivity contribution is 5.84. The summed E-state index contributed by atoms with van der Waals surface area (Å²) >= 11 is 0. The Morgan fingerprint density at radius 1 is 1.32 bits per heavy atom. The van der Waals surface area contributed by atoms with E-state index in [4.69, 9.17) is 19.3 Å². The molecule has 0 saturated heterocycles. The van der Waals surface area contributed by atoms with Crippen molar-refractivity contribution in [2.75, 3.05) is 14.2 Å². The van der Waals surface area contributed by atoms with Crippen LogP contribution in [0.25, 0.3) is 0 Å². The zero-order valence-corrected chi connectivity index (χ0v) is 11.0. The Hall–Kier alpha value is -2.24. The zero-order chi connectivity index (χ0) is 14.4. The first-order chi connectivity index (χ1) is 9.07. The highest BCUT2D eigenvalue weighted by Crippen LogP contribution is 2.33. The molecular formula is C13H16O6. The Balaban J connectivity index is 3.15. The van der Waals surface area contributed by atoms with Gasteiger partial charge in [-0.15, -0.1) is 0 Å². The summed E-state index contributed by atoms with van der Waals surface area (Å²) in [4.78, 5) is 21.9. The molecule has 0 heterocycles. The first-order valence-electron chi connectivity index (χ1n) is 5.68. The monoisotopic (exact) mass is 268 g/mol. The van der Waals surface area contributed by atoms with Crippen LogP contribution in [0.5, 0.6) is 17.2 Å². The molecule has 1 rings (SSSR count). The lowest BCUT2D eigenvalue weighted by Gasteiger charge is -2.16. The van der Waals surface area contributed by atoms with Gasteiger partial charge in [-0.1, -0.05) is 6.92 Å². The molecule has 1 N–H and O–H groups in total. The molecule has 0 aromatic heterocycles. The summed E-state index contributed by atoms with van der Waals surface area (Å²) in [7, 11) is 2.81. The quantitative estimate of drug-likeness (QED) is 0.759. The van der Waals surface area contributed by atoms with E-state index in [0.29, 0.717) is 12.7 Å². The van der Waals surface area contributed by atoms with Gasteiger partial charge in [0.1, 0.15) is 17.2 Å². The summed E-state index contributed by atoms with van der Waals surface area (Å²) in [6, 6.07) is 2.91. The average molecular weight is 268 g/mol. The van der Waals surface area contributed by atoms with Crippen molar-refractivity contribution in [2.24, 2.45) is 0 Å². The van der Waals surface area contributed by atoms with Crippen LogP contribution in [-0.2, 0) is 4.79 Å². The lowest BCUT2D eigenvalue weighted by Crippen LogP contribution is -2.25. The van der Waals surface area contributed by atoms with Crippen LogP contribution in [0.15, 0.2) is 12.1 Å². The smallest absolute Gasteiger partial charge is 0.344 e. The molecule has 0 spiro atoms. The van der Waals surface area contributed by atoms with E-state index >= 15 is 0 Å². The highest BCUT2D eigenvalue weighted by Gasteiger charge is 2.19. The Labute approximate surface area is 110 Å². The van der Waals surface area contributed by atoms with Gasteiger partial charge >= 0.3 is 5.97 Å². The van der Waals surface area contributed by atoms with E-state index in [-0.39, 0.29) is 22.8 Å². The van der Waals surface area contributed by atoms with Gasteiger partial charge in [0.15, 0.2) is 12.4 Å². The standard InChI is InChI=1S/C13H16O6/c1-4-10(13(15)16)19-8-5-11(17-2)9(7-14)12(6-8)18-3/h5-7,10H,4H2,1-3H3,(H,15,16). The molecule has 0 fully saturated rings. The topological polar surface area (TPSA) is 82.1 Å². The van der Waals surface area contributed by atoms with Crippen LogP contribution >= 0.6 is 0 Å². The van der Waals surface area contributed by atoms with Crippen molar-refractivity contribution in [2.45, 2.75) is 19.4 Å². The molecule has 6 nitrogen and oxygen atoms in total. The third-order valence-corrected chi connectivity index (χ3v) is 2.56. The molecule has 0 aliphatic carbocycles. The Kier molecular flexibility index (Phi) is 5.17. The summed E-state index contributed by atoms with van der Waals surface area (Å²) in [5.41, 5.74) is 0.251. The number of aldehydes is 1. The number of carbonyl (C=O) groups is 2. The van der Waals surface area contributed by atoms with E-state index in [1.54, 1.807) is 6.92 Å². The number of ether oxygens (including phenoxy) is 3. The minimum atomic E-state index is -1.06. The normalized spacial score (nSPS) is 11.5. The fourth-order valence-corrected chi connectivity index (χ4v) is 1.57. The van der Waals surface area contributed by atoms with Crippen LogP contribution in [-0.4, -0.2) is 37.7 Å². The van der Waals surface area contributed by atoms with Crippen LogP contribution < -0.4 is 14.2 Å². The van der Waals surface area contributed by atoms with Gasteiger partial charge in [-0.25, -0.2) is 4.79 Å². The molecule has 0 amide bonds. The Bertz CT molecular complexity index is 443. The van der Waals surface area contributed by atoms with Gasteiger partial charge in [-0.05, 0) is 6.42 Å². The Morgan fingerprint density at radius 2 is 1.84 bits per heavy atom. The first-order valence-corrected chi connectivity index (χ1v) is 5.68. The third-order valence-electron chi connectivity index (χ3n) is 2.56. The van der Waals surface area contributed by atoms with E-state index < -0.39 is 12.1 Å². The second-order valence-electron chi connectivity index (χ2n) is 3.71. The summed E-state index contributed by atoms with van der Waals surface area (Å²) in [6.45, 7) is 1.70. The zero-order valence-electron chi connectivity index (χ0n) is 11.0. The minimum absolute atomic E-state index is 0.251. The van der Waals surface area contributed by atoms with E-state index in [1.807, 2.05) is 0 Å².